The third kappa shape index (κ3) is 2.98. The minimum atomic E-state index is -0.847. The molecule has 2 N–H and O–H groups in total. The van der Waals surface area contributed by atoms with E-state index in [2.05, 4.69) is 15.4 Å². The Morgan fingerprint density at radius 3 is 2.71 bits per heavy atom. The second-order valence-corrected chi connectivity index (χ2v) is 5.78. The lowest BCUT2D eigenvalue weighted by Crippen LogP contribution is -2.43. The van der Waals surface area contributed by atoms with Crippen molar-refractivity contribution in [2.24, 2.45) is 18.4 Å². The van der Waals surface area contributed by atoms with Crippen molar-refractivity contribution in [3.05, 3.63) is 12.2 Å². The highest BCUT2D eigenvalue weighted by molar-refractivity contribution is 5.80. The Morgan fingerprint density at radius 2 is 2.24 bits per heavy atom. The first-order valence-corrected chi connectivity index (χ1v) is 6.96. The molecule has 2 amide bonds. The molecular formula is C13H21N5O3. The predicted molar refractivity (Wildman–Crippen MR) is 74.3 cm³/mol. The minimum absolute atomic E-state index is 0.0229. The number of aliphatic carboxylic acids is 1. The number of nitrogens with zero attached hydrogens (tertiary/aromatic N) is 4. The molecule has 8 heteroatoms. The van der Waals surface area contributed by atoms with Crippen molar-refractivity contribution in [2.75, 3.05) is 13.1 Å². The van der Waals surface area contributed by atoms with Gasteiger partial charge in [0.1, 0.15) is 6.33 Å². The van der Waals surface area contributed by atoms with Crippen molar-refractivity contribution in [1.29, 1.82) is 0 Å². The van der Waals surface area contributed by atoms with E-state index >= 15 is 0 Å². The van der Waals surface area contributed by atoms with Gasteiger partial charge in [-0.1, -0.05) is 13.8 Å². The van der Waals surface area contributed by atoms with Crippen LogP contribution in [0.1, 0.15) is 26.1 Å². The quantitative estimate of drug-likeness (QED) is 0.840. The number of rotatable bonds is 4. The second-order valence-electron chi connectivity index (χ2n) is 5.78. The molecule has 116 valence electrons. The second kappa shape index (κ2) is 5.71. The van der Waals surface area contributed by atoms with E-state index in [-0.39, 0.29) is 25.0 Å². The summed E-state index contributed by atoms with van der Waals surface area (Å²) in [4.78, 5) is 29.2. The summed E-state index contributed by atoms with van der Waals surface area (Å²) in [5, 5.41) is 16.3. The van der Waals surface area contributed by atoms with E-state index in [1.807, 2.05) is 13.8 Å². The van der Waals surface area contributed by atoms with Crippen LogP contribution in [0.5, 0.6) is 0 Å². The number of carbonyl (C=O) groups excluding carboxylic acids is 1. The van der Waals surface area contributed by atoms with Crippen LogP contribution in [-0.4, -0.2) is 49.9 Å². The molecule has 1 atom stereocenters. The molecule has 1 saturated heterocycles. The monoisotopic (exact) mass is 295 g/mol. The Morgan fingerprint density at radius 1 is 1.52 bits per heavy atom. The van der Waals surface area contributed by atoms with E-state index in [4.69, 9.17) is 0 Å². The fraction of sp³-hybridized carbons (Fsp3) is 0.692. The molecule has 0 aromatic carbocycles. The normalized spacial score (nSPS) is 21.8. The van der Waals surface area contributed by atoms with E-state index in [1.165, 1.54) is 0 Å². The van der Waals surface area contributed by atoms with Crippen LogP contribution in [0.25, 0.3) is 0 Å². The van der Waals surface area contributed by atoms with Crippen LogP contribution in [-0.2, 0) is 18.4 Å². The Labute approximate surface area is 123 Å². The first-order chi connectivity index (χ1) is 9.85. The number of carboxylic acids is 1. The first-order valence-electron chi connectivity index (χ1n) is 6.96. The van der Waals surface area contributed by atoms with Gasteiger partial charge in [-0.3, -0.25) is 9.48 Å². The summed E-state index contributed by atoms with van der Waals surface area (Å²) in [7, 11) is 1.75. The molecule has 0 radical (unpaired) electrons. The molecule has 1 aromatic heterocycles. The van der Waals surface area contributed by atoms with E-state index in [0.29, 0.717) is 18.8 Å². The molecular weight excluding hydrogens is 274 g/mol. The van der Waals surface area contributed by atoms with Crippen LogP contribution in [0.15, 0.2) is 6.33 Å². The van der Waals surface area contributed by atoms with Gasteiger partial charge in [0, 0.05) is 20.1 Å². The summed E-state index contributed by atoms with van der Waals surface area (Å²) in [6, 6.07) is -0.272. The Hall–Kier alpha value is -2.12. The fourth-order valence-corrected chi connectivity index (χ4v) is 2.63. The average molecular weight is 295 g/mol. The Kier molecular flexibility index (Phi) is 4.15. The highest BCUT2D eigenvalue weighted by atomic mass is 16.4. The van der Waals surface area contributed by atoms with Gasteiger partial charge in [-0.05, 0) is 12.3 Å². The highest BCUT2D eigenvalue weighted by Gasteiger charge is 2.48. The largest absolute Gasteiger partial charge is 0.481 e. The fourth-order valence-electron chi connectivity index (χ4n) is 2.63. The van der Waals surface area contributed by atoms with Crippen LogP contribution in [0.4, 0.5) is 4.79 Å². The molecule has 1 unspecified atom stereocenters. The number of hydrogen-bond acceptors (Lipinski definition) is 4. The maximum Gasteiger partial charge on any atom is 0.317 e. The van der Waals surface area contributed by atoms with Gasteiger partial charge in [0.25, 0.3) is 0 Å². The molecule has 1 aliphatic heterocycles. The van der Waals surface area contributed by atoms with Crippen molar-refractivity contribution >= 4 is 12.0 Å². The first kappa shape index (κ1) is 15.3. The lowest BCUT2D eigenvalue weighted by Gasteiger charge is -2.28. The lowest BCUT2D eigenvalue weighted by molar-refractivity contribution is -0.150. The van der Waals surface area contributed by atoms with Crippen molar-refractivity contribution in [3.63, 3.8) is 0 Å². The maximum absolute atomic E-state index is 12.1. The summed E-state index contributed by atoms with van der Waals surface area (Å²) >= 11 is 0. The van der Waals surface area contributed by atoms with Gasteiger partial charge in [0.2, 0.25) is 0 Å². The van der Waals surface area contributed by atoms with E-state index in [9.17, 15) is 14.7 Å². The van der Waals surface area contributed by atoms with Gasteiger partial charge in [0.05, 0.1) is 12.0 Å². The Balaban J connectivity index is 1.94. The summed E-state index contributed by atoms with van der Waals surface area (Å²) < 4.78 is 1.56. The topological polar surface area (TPSA) is 100 Å². The molecule has 21 heavy (non-hydrogen) atoms. The molecule has 0 spiro atoms. The maximum atomic E-state index is 12.1. The van der Waals surface area contributed by atoms with E-state index in [1.54, 1.807) is 23.0 Å². The number of nitrogens with one attached hydrogen (secondary N) is 1. The predicted octanol–water partition coefficient (Wildman–Crippen LogP) is 0.457. The zero-order valence-corrected chi connectivity index (χ0v) is 12.5. The van der Waals surface area contributed by atoms with Crippen LogP contribution in [0, 0.1) is 11.3 Å². The SMILES string of the molecule is CC(C)C1(C(=O)O)CCN(C(=O)NCc2ncn(C)n2)C1. The summed E-state index contributed by atoms with van der Waals surface area (Å²) in [6.45, 7) is 4.69. The van der Waals surface area contributed by atoms with Crippen LogP contribution >= 0.6 is 0 Å². The molecule has 2 rings (SSSR count). The Bertz CT molecular complexity index is 542. The van der Waals surface area contributed by atoms with Gasteiger partial charge in [-0.2, -0.15) is 5.10 Å². The summed E-state index contributed by atoms with van der Waals surface area (Å²) in [5.74, 6) is -0.331. The highest BCUT2D eigenvalue weighted by Crippen LogP contribution is 2.38. The molecule has 1 aliphatic rings. The van der Waals surface area contributed by atoms with E-state index in [0.717, 1.165) is 0 Å². The average Bonchev–Trinajstić information content (AvgIpc) is 3.03. The van der Waals surface area contributed by atoms with Gasteiger partial charge in [-0.15, -0.1) is 0 Å². The number of amides is 2. The third-order valence-electron chi connectivity index (χ3n) is 4.16. The van der Waals surface area contributed by atoms with Gasteiger partial charge >= 0.3 is 12.0 Å². The standard InChI is InChI=1S/C13H21N5O3/c1-9(2)13(11(19)20)4-5-18(7-13)12(21)14-6-10-15-8-17(3)16-10/h8-9H,4-7H2,1-3H3,(H,14,21)(H,19,20). The van der Waals surface area contributed by atoms with Crippen molar-refractivity contribution in [3.8, 4) is 0 Å². The van der Waals surface area contributed by atoms with Crippen molar-refractivity contribution in [1.82, 2.24) is 25.0 Å². The molecule has 1 fully saturated rings. The van der Waals surface area contributed by atoms with Crippen LogP contribution in [0.3, 0.4) is 0 Å². The summed E-state index contributed by atoms with van der Waals surface area (Å²) in [6.07, 6.45) is 2.04. The van der Waals surface area contributed by atoms with Crippen molar-refractivity contribution < 1.29 is 14.7 Å². The van der Waals surface area contributed by atoms with Crippen LogP contribution < -0.4 is 5.32 Å². The number of aromatic nitrogens is 3. The molecule has 0 saturated carbocycles. The smallest absolute Gasteiger partial charge is 0.317 e. The molecule has 1 aromatic rings. The lowest BCUT2D eigenvalue weighted by atomic mass is 9.76. The minimum Gasteiger partial charge on any atom is -0.481 e. The summed E-state index contributed by atoms with van der Waals surface area (Å²) in [5.41, 5.74) is -0.847. The molecule has 8 nitrogen and oxygen atoms in total. The number of carbonyl (C=O) groups is 2. The molecule has 0 aliphatic carbocycles. The van der Waals surface area contributed by atoms with E-state index < -0.39 is 11.4 Å². The number of likely N-dealkylation sites (tertiary alicyclic amines) is 1. The van der Waals surface area contributed by atoms with Gasteiger partial charge in [-0.25, -0.2) is 9.78 Å². The number of carboxylic acid groups (broad SMARTS) is 1. The number of urea groups is 1. The van der Waals surface area contributed by atoms with Crippen molar-refractivity contribution in [2.45, 2.75) is 26.8 Å². The number of aryl methyl sites for hydroxylation is 1. The molecule has 2 heterocycles. The molecule has 0 bridgehead atoms. The number of hydrogen-bond donors (Lipinski definition) is 2. The zero-order chi connectivity index (χ0) is 15.6. The van der Waals surface area contributed by atoms with Gasteiger partial charge < -0.3 is 15.3 Å². The zero-order valence-electron chi connectivity index (χ0n) is 12.5. The van der Waals surface area contributed by atoms with Crippen LogP contribution in [0.2, 0.25) is 0 Å². The third-order valence-corrected chi connectivity index (χ3v) is 4.16. The van der Waals surface area contributed by atoms with Gasteiger partial charge in [0.15, 0.2) is 5.82 Å².